The van der Waals surface area contributed by atoms with Gasteiger partial charge in [-0.3, -0.25) is 0 Å². The third-order valence-corrected chi connectivity index (χ3v) is 3.92. The molecule has 3 heteroatoms. The van der Waals surface area contributed by atoms with E-state index in [1.807, 2.05) is 6.20 Å². The monoisotopic (exact) mass is 282 g/mol. The van der Waals surface area contributed by atoms with Crippen LogP contribution in [0.5, 0.6) is 0 Å². The summed E-state index contributed by atoms with van der Waals surface area (Å²) in [4.78, 5) is 6.96. The number of anilines is 1. The van der Waals surface area contributed by atoms with Gasteiger partial charge in [-0.15, -0.1) is 0 Å². The van der Waals surface area contributed by atoms with Gasteiger partial charge in [0.1, 0.15) is 5.82 Å². The van der Waals surface area contributed by atoms with Crippen LogP contribution in [0, 0.1) is 18.8 Å². The molecule has 1 atom stereocenters. The summed E-state index contributed by atoms with van der Waals surface area (Å²) in [5.41, 5.74) is 1.26. The molecule has 1 saturated heterocycles. The van der Waals surface area contributed by atoms with Crippen LogP contribution in [0.4, 0.5) is 5.82 Å². The summed E-state index contributed by atoms with van der Waals surface area (Å²) < 4.78 is 1.06. The molecule has 0 saturated carbocycles. The highest BCUT2D eigenvalue weighted by Gasteiger charge is 2.26. The minimum atomic E-state index is 0.778. The molecule has 1 aliphatic heterocycles. The standard InChI is InChI=1S/C13H19BrN2/c1-9(2)11-4-5-16(8-11)13-10(3)6-12(14)7-15-13/h6-7,9,11H,4-5,8H2,1-3H3. The van der Waals surface area contributed by atoms with E-state index in [0.717, 1.165) is 35.2 Å². The van der Waals surface area contributed by atoms with Crippen molar-refractivity contribution in [1.29, 1.82) is 0 Å². The van der Waals surface area contributed by atoms with E-state index < -0.39 is 0 Å². The van der Waals surface area contributed by atoms with E-state index in [2.05, 4.69) is 52.7 Å². The van der Waals surface area contributed by atoms with Gasteiger partial charge < -0.3 is 4.90 Å². The zero-order valence-electron chi connectivity index (χ0n) is 10.2. The van der Waals surface area contributed by atoms with E-state index >= 15 is 0 Å². The van der Waals surface area contributed by atoms with Crippen molar-refractivity contribution in [2.45, 2.75) is 27.2 Å². The maximum Gasteiger partial charge on any atom is 0.131 e. The van der Waals surface area contributed by atoms with Crippen molar-refractivity contribution in [2.24, 2.45) is 11.8 Å². The third-order valence-electron chi connectivity index (χ3n) is 3.48. The fourth-order valence-corrected chi connectivity index (χ4v) is 2.83. The van der Waals surface area contributed by atoms with Crippen LogP contribution in [0.3, 0.4) is 0 Å². The van der Waals surface area contributed by atoms with Crippen molar-refractivity contribution >= 4 is 21.7 Å². The van der Waals surface area contributed by atoms with Gasteiger partial charge in [-0.25, -0.2) is 4.98 Å². The summed E-state index contributed by atoms with van der Waals surface area (Å²) >= 11 is 3.46. The molecule has 1 unspecified atom stereocenters. The number of hydrogen-bond donors (Lipinski definition) is 0. The van der Waals surface area contributed by atoms with Crippen LogP contribution < -0.4 is 4.90 Å². The topological polar surface area (TPSA) is 16.1 Å². The van der Waals surface area contributed by atoms with Gasteiger partial charge in [0.15, 0.2) is 0 Å². The lowest BCUT2D eigenvalue weighted by Gasteiger charge is -2.20. The van der Waals surface area contributed by atoms with Crippen LogP contribution in [0.1, 0.15) is 25.8 Å². The molecule has 1 aromatic heterocycles. The summed E-state index contributed by atoms with van der Waals surface area (Å²) in [5.74, 6) is 2.76. The first kappa shape index (κ1) is 11.9. The van der Waals surface area contributed by atoms with Crippen molar-refractivity contribution in [3.05, 3.63) is 22.3 Å². The Bertz CT molecular complexity index is 376. The molecule has 0 aliphatic carbocycles. The lowest BCUT2D eigenvalue weighted by molar-refractivity contribution is 0.422. The van der Waals surface area contributed by atoms with Gasteiger partial charge in [0.25, 0.3) is 0 Å². The molecule has 88 valence electrons. The molecule has 0 spiro atoms. The normalized spacial score (nSPS) is 20.8. The molecule has 16 heavy (non-hydrogen) atoms. The number of aryl methyl sites for hydroxylation is 1. The van der Waals surface area contributed by atoms with E-state index in [9.17, 15) is 0 Å². The van der Waals surface area contributed by atoms with E-state index in [4.69, 9.17) is 0 Å². The van der Waals surface area contributed by atoms with Gasteiger partial charge in [0.2, 0.25) is 0 Å². The lowest BCUT2D eigenvalue weighted by Crippen LogP contribution is -2.23. The fourth-order valence-electron chi connectivity index (χ4n) is 2.39. The quantitative estimate of drug-likeness (QED) is 0.824. The van der Waals surface area contributed by atoms with Crippen LogP contribution >= 0.6 is 15.9 Å². The highest BCUT2D eigenvalue weighted by molar-refractivity contribution is 9.10. The molecule has 0 radical (unpaired) electrons. The molecule has 0 aromatic carbocycles. The van der Waals surface area contributed by atoms with Crippen molar-refractivity contribution < 1.29 is 0 Å². The Kier molecular flexibility index (Phi) is 3.53. The number of hydrogen-bond acceptors (Lipinski definition) is 2. The molecule has 0 amide bonds. The van der Waals surface area contributed by atoms with E-state index in [0.29, 0.717) is 0 Å². The number of aromatic nitrogens is 1. The summed E-state index contributed by atoms with van der Waals surface area (Å²) in [6, 6.07) is 2.14. The zero-order chi connectivity index (χ0) is 11.7. The number of pyridine rings is 1. The first-order valence-electron chi connectivity index (χ1n) is 5.95. The lowest BCUT2D eigenvalue weighted by atomic mass is 9.95. The number of halogens is 1. The first-order valence-corrected chi connectivity index (χ1v) is 6.74. The molecule has 0 bridgehead atoms. The summed E-state index contributed by atoms with van der Waals surface area (Å²) in [7, 11) is 0. The van der Waals surface area contributed by atoms with Crippen LogP contribution in [0.2, 0.25) is 0 Å². The van der Waals surface area contributed by atoms with Crippen LogP contribution in [-0.2, 0) is 0 Å². The summed E-state index contributed by atoms with van der Waals surface area (Å²) in [6.07, 6.45) is 3.19. The molecule has 2 rings (SSSR count). The predicted octanol–water partition coefficient (Wildman–Crippen LogP) is 3.63. The highest BCUT2D eigenvalue weighted by Crippen LogP contribution is 2.29. The molecule has 1 aliphatic rings. The van der Waals surface area contributed by atoms with Crippen LogP contribution in [-0.4, -0.2) is 18.1 Å². The van der Waals surface area contributed by atoms with Gasteiger partial charge in [-0.05, 0) is 52.7 Å². The fraction of sp³-hybridized carbons (Fsp3) is 0.615. The average Bonchev–Trinajstić information content (AvgIpc) is 2.66. The maximum absolute atomic E-state index is 4.53. The highest BCUT2D eigenvalue weighted by atomic mass is 79.9. The Hall–Kier alpha value is -0.570. The predicted molar refractivity (Wildman–Crippen MR) is 71.8 cm³/mol. The second kappa shape index (κ2) is 4.74. The van der Waals surface area contributed by atoms with E-state index in [-0.39, 0.29) is 0 Å². The Morgan fingerprint density at radius 2 is 2.25 bits per heavy atom. The molecule has 1 fully saturated rings. The van der Waals surface area contributed by atoms with Gasteiger partial charge in [0.05, 0.1) is 0 Å². The third kappa shape index (κ3) is 2.40. The molecule has 2 heterocycles. The van der Waals surface area contributed by atoms with Gasteiger partial charge in [0, 0.05) is 23.8 Å². The minimum absolute atomic E-state index is 0.778. The SMILES string of the molecule is Cc1cc(Br)cnc1N1CCC(C(C)C)C1. The van der Waals surface area contributed by atoms with Crippen molar-refractivity contribution in [3.8, 4) is 0 Å². The second-order valence-corrected chi connectivity index (χ2v) is 5.95. The van der Waals surface area contributed by atoms with Crippen molar-refractivity contribution in [2.75, 3.05) is 18.0 Å². The van der Waals surface area contributed by atoms with Crippen molar-refractivity contribution in [1.82, 2.24) is 4.98 Å². The first-order chi connectivity index (χ1) is 7.58. The Labute approximate surface area is 106 Å². The molecule has 1 aromatic rings. The summed E-state index contributed by atoms with van der Waals surface area (Å²) in [5, 5.41) is 0. The zero-order valence-corrected chi connectivity index (χ0v) is 11.8. The van der Waals surface area contributed by atoms with Crippen molar-refractivity contribution in [3.63, 3.8) is 0 Å². The van der Waals surface area contributed by atoms with E-state index in [1.165, 1.54) is 12.0 Å². The molecule has 0 N–H and O–H groups in total. The Morgan fingerprint density at radius 1 is 1.50 bits per heavy atom. The van der Waals surface area contributed by atoms with Crippen LogP contribution in [0.15, 0.2) is 16.7 Å². The van der Waals surface area contributed by atoms with Gasteiger partial charge in [-0.1, -0.05) is 13.8 Å². The van der Waals surface area contributed by atoms with Crippen LogP contribution in [0.25, 0.3) is 0 Å². The largest absolute Gasteiger partial charge is 0.356 e. The summed E-state index contributed by atoms with van der Waals surface area (Å²) in [6.45, 7) is 9.08. The Morgan fingerprint density at radius 3 is 2.81 bits per heavy atom. The van der Waals surface area contributed by atoms with Gasteiger partial charge in [-0.2, -0.15) is 0 Å². The minimum Gasteiger partial charge on any atom is -0.356 e. The molecule has 2 nitrogen and oxygen atoms in total. The molecular formula is C13H19BrN2. The number of rotatable bonds is 2. The van der Waals surface area contributed by atoms with Gasteiger partial charge >= 0.3 is 0 Å². The van der Waals surface area contributed by atoms with E-state index in [1.54, 1.807) is 0 Å². The maximum atomic E-state index is 4.53. The Balaban J connectivity index is 2.14. The number of nitrogens with zero attached hydrogens (tertiary/aromatic N) is 2. The average molecular weight is 283 g/mol. The smallest absolute Gasteiger partial charge is 0.131 e. The second-order valence-electron chi connectivity index (χ2n) is 5.03. The molecular weight excluding hydrogens is 264 g/mol.